The smallest absolute Gasteiger partial charge is 0.224 e. The lowest BCUT2D eigenvalue weighted by Crippen LogP contribution is -2.21. The summed E-state index contributed by atoms with van der Waals surface area (Å²) in [6.07, 6.45) is 6.86. The second kappa shape index (κ2) is 4.14. The Labute approximate surface area is 119 Å². The largest absolute Gasteiger partial charge is 0.397 e. The van der Waals surface area contributed by atoms with Gasteiger partial charge in [-0.3, -0.25) is 4.79 Å². The molecule has 2 aliphatic carbocycles. The first-order valence-electron chi connectivity index (χ1n) is 7.62. The molecule has 1 aromatic carbocycles. The van der Waals surface area contributed by atoms with Crippen molar-refractivity contribution in [3.8, 4) is 0 Å². The lowest BCUT2D eigenvalue weighted by atomic mass is 9.99. The lowest BCUT2D eigenvalue weighted by molar-refractivity contribution is -0.116. The number of carbonyl (C=O) groups excluding carboxylic acids is 1. The molecule has 3 aliphatic rings. The monoisotopic (exact) mass is 271 g/mol. The van der Waals surface area contributed by atoms with E-state index in [0.717, 1.165) is 41.5 Å². The van der Waals surface area contributed by atoms with Crippen LogP contribution in [-0.2, 0) is 11.2 Å². The molecule has 2 saturated carbocycles. The number of fused-ring (bicyclic) bond motifs is 1. The van der Waals surface area contributed by atoms with Gasteiger partial charge in [-0.25, -0.2) is 0 Å². The Balaban J connectivity index is 1.52. The topological polar surface area (TPSA) is 67.2 Å². The maximum atomic E-state index is 11.5. The van der Waals surface area contributed by atoms with E-state index in [9.17, 15) is 4.79 Å². The molecule has 0 radical (unpaired) electrons. The third kappa shape index (κ3) is 2.03. The summed E-state index contributed by atoms with van der Waals surface area (Å²) in [6, 6.07) is 4.01. The average Bonchev–Trinajstić information content (AvgIpc) is 3.28. The van der Waals surface area contributed by atoms with E-state index in [1.165, 1.54) is 25.7 Å². The lowest BCUT2D eigenvalue weighted by Gasteiger charge is -2.21. The van der Waals surface area contributed by atoms with Crippen LogP contribution in [0, 0.1) is 11.3 Å². The van der Waals surface area contributed by atoms with Crippen molar-refractivity contribution in [2.75, 3.05) is 22.9 Å². The van der Waals surface area contributed by atoms with E-state index >= 15 is 0 Å². The number of amides is 1. The number of hydrogen-bond acceptors (Lipinski definition) is 3. The summed E-state index contributed by atoms with van der Waals surface area (Å²) >= 11 is 0. The molecular weight excluding hydrogens is 250 g/mol. The van der Waals surface area contributed by atoms with Crippen LogP contribution in [0.2, 0.25) is 0 Å². The van der Waals surface area contributed by atoms with Gasteiger partial charge < -0.3 is 16.4 Å². The minimum atomic E-state index is 0.102. The summed E-state index contributed by atoms with van der Waals surface area (Å²) in [5, 5.41) is 6.47. The number of hydrogen-bond donors (Lipinski definition) is 3. The Kier molecular flexibility index (Phi) is 2.50. The molecule has 0 unspecified atom stereocenters. The molecule has 1 aliphatic heterocycles. The van der Waals surface area contributed by atoms with E-state index in [0.29, 0.717) is 11.8 Å². The van der Waals surface area contributed by atoms with Gasteiger partial charge in [0.05, 0.1) is 11.4 Å². The van der Waals surface area contributed by atoms with E-state index < -0.39 is 0 Å². The Morgan fingerprint density at radius 2 is 2.10 bits per heavy atom. The second-order valence-corrected chi connectivity index (χ2v) is 6.63. The van der Waals surface area contributed by atoms with Crippen molar-refractivity contribution in [1.82, 2.24) is 0 Å². The average molecular weight is 271 g/mol. The van der Waals surface area contributed by atoms with Crippen LogP contribution in [-0.4, -0.2) is 12.5 Å². The van der Waals surface area contributed by atoms with Crippen molar-refractivity contribution in [3.63, 3.8) is 0 Å². The Hall–Kier alpha value is -1.71. The third-order valence-electron chi connectivity index (χ3n) is 5.14. The van der Waals surface area contributed by atoms with Crippen LogP contribution in [0.3, 0.4) is 0 Å². The van der Waals surface area contributed by atoms with Crippen LogP contribution < -0.4 is 16.4 Å². The highest BCUT2D eigenvalue weighted by atomic mass is 16.1. The minimum Gasteiger partial charge on any atom is -0.397 e. The van der Waals surface area contributed by atoms with Crippen LogP contribution in [0.1, 0.15) is 37.7 Å². The molecule has 1 heterocycles. The number of carbonyl (C=O) groups is 1. The van der Waals surface area contributed by atoms with Gasteiger partial charge in [0.2, 0.25) is 5.91 Å². The van der Waals surface area contributed by atoms with Gasteiger partial charge in [0.1, 0.15) is 0 Å². The van der Waals surface area contributed by atoms with Crippen molar-refractivity contribution in [1.29, 1.82) is 0 Å². The normalized spacial score (nSPS) is 22.9. The molecule has 20 heavy (non-hydrogen) atoms. The first-order chi connectivity index (χ1) is 9.66. The molecule has 4 heteroatoms. The summed E-state index contributed by atoms with van der Waals surface area (Å²) < 4.78 is 0. The zero-order valence-corrected chi connectivity index (χ0v) is 11.7. The number of benzene rings is 1. The SMILES string of the molecule is Nc1cc2c(cc1NCC1(C3CC3)CC1)NC(=O)CC2. The molecule has 106 valence electrons. The summed E-state index contributed by atoms with van der Waals surface area (Å²) in [7, 11) is 0. The fraction of sp³-hybridized carbons (Fsp3) is 0.562. The zero-order valence-electron chi connectivity index (χ0n) is 11.7. The van der Waals surface area contributed by atoms with Crippen molar-refractivity contribution >= 4 is 23.0 Å². The number of rotatable bonds is 4. The van der Waals surface area contributed by atoms with Gasteiger partial charge >= 0.3 is 0 Å². The first kappa shape index (κ1) is 12.1. The first-order valence-corrected chi connectivity index (χ1v) is 7.62. The summed E-state index contributed by atoms with van der Waals surface area (Å²) in [4.78, 5) is 11.5. The number of nitrogens with one attached hydrogen (secondary N) is 2. The van der Waals surface area contributed by atoms with Crippen LogP contribution in [0.15, 0.2) is 12.1 Å². The predicted molar refractivity (Wildman–Crippen MR) is 80.7 cm³/mol. The quantitative estimate of drug-likeness (QED) is 0.738. The molecule has 4 N–H and O–H groups in total. The summed E-state index contributed by atoms with van der Waals surface area (Å²) in [5.74, 6) is 1.04. The van der Waals surface area contributed by atoms with Crippen molar-refractivity contribution in [2.24, 2.45) is 11.3 Å². The summed E-state index contributed by atoms with van der Waals surface area (Å²) in [5.41, 5.74) is 10.5. The van der Waals surface area contributed by atoms with Gasteiger partial charge in [0, 0.05) is 18.7 Å². The maximum absolute atomic E-state index is 11.5. The second-order valence-electron chi connectivity index (χ2n) is 6.63. The van der Waals surface area contributed by atoms with Gasteiger partial charge in [-0.2, -0.15) is 0 Å². The van der Waals surface area contributed by atoms with Crippen LogP contribution in [0.25, 0.3) is 0 Å². The Bertz CT molecular complexity index is 573. The highest BCUT2D eigenvalue weighted by Gasteiger charge is 2.53. The summed E-state index contributed by atoms with van der Waals surface area (Å²) in [6.45, 7) is 1.02. The number of anilines is 3. The van der Waals surface area contributed by atoms with Crippen molar-refractivity contribution in [3.05, 3.63) is 17.7 Å². The van der Waals surface area contributed by atoms with Gasteiger partial charge in [-0.05, 0) is 61.1 Å². The zero-order chi connectivity index (χ0) is 13.7. The van der Waals surface area contributed by atoms with E-state index in [1.807, 2.05) is 12.1 Å². The fourth-order valence-corrected chi connectivity index (χ4v) is 3.46. The number of nitrogens with two attached hydrogens (primary N) is 1. The highest BCUT2D eigenvalue weighted by molar-refractivity contribution is 5.95. The number of nitrogen functional groups attached to an aromatic ring is 1. The number of aryl methyl sites for hydroxylation is 1. The van der Waals surface area contributed by atoms with E-state index in [-0.39, 0.29) is 5.91 Å². The van der Waals surface area contributed by atoms with E-state index in [4.69, 9.17) is 5.73 Å². The molecular formula is C16H21N3O. The van der Waals surface area contributed by atoms with Gasteiger partial charge in [-0.1, -0.05) is 0 Å². The van der Waals surface area contributed by atoms with Gasteiger partial charge in [0.25, 0.3) is 0 Å². The van der Waals surface area contributed by atoms with Crippen molar-refractivity contribution < 1.29 is 4.79 Å². The Morgan fingerprint density at radius 1 is 1.30 bits per heavy atom. The molecule has 1 aromatic rings. The minimum absolute atomic E-state index is 0.102. The van der Waals surface area contributed by atoms with Gasteiger partial charge in [-0.15, -0.1) is 0 Å². The molecule has 0 aromatic heterocycles. The standard InChI is InChI=1S/C16H21N3O/c17-12-7-10-1-4-15(20)19-13(10)8-14(12)18-9-16(5-6-16)11-2-3-11/h7-8,11,18H,1-6,9,17H2,(H,19,20). The molecule has 0 saturated heterocycles. The van der Waals surface area contributed by atoms with Crippen LogP contribution in [0.4, 0.5) is 17.1 Å². The molecule has 2 fully saturated rings. The van der Waals surface area contributed by atoms with Crippen molar-refractivity contribution in [2.45, 2.75) is 38.5 Å². The molecule has 0 atom stereocenters. The van der Waals surface area contributed by atoms with E-state index in [1.54, 1.807) is 0 Å². The molecule has 4 rings (SSSR count). The fourth-order valence-electron chi connectivity index (χ4n) is 3.46. The predicted octanol–water partition coefficient (Wildman–Crippen LogP) is 2.76. The third-order valence-corrected chi connectivity index (χ3v) is 5.14. The molecule has 4 nitrogen and oxygen atoms in total. The Morgan fingerprint density at radius 3 is 2.80 bits per heavy atom. The molecule has 0 bridgehead atoms. The maximum Gasteiger partial charge on any atom is 0.224 e. The molecule has 1 amide bonds. The van der Waals surface area contributed by atoms with Gasteiger partial charge in [0.15, 0.2) is 0 Å². The molecule has 0 spiro atoms. The highest BCUT2D eigenvalue weighted by Crippen LogP contribution is 2.61. The van der Waals surface area contributed by atoms with Crippen LogP contribution >= 0.6 is 0 Å². The van der Waals surface area contributed by atoms with Crippen LogP contribution in [0.5, 0.6) is 0 Å². The van der Waals surface area contributed by atoms with E-state index in [2.05, 4.69) is 10.6 Å².